The van der Waals surface area contributed by atoms with E-state index in [1.54, 1.807) is 12.4 Å². The van der Waals surface area contributed by atoms with Crippen molar-refractivity contribution in [2.45, 2.75) is 25.2 Å². The summed E-state index contributed by atoms with van der Waals surface area (Å²) in [5, 5.41) is 1.01. The Kier molecular flexibility index (Phi) is 5.20. The van der Waals surface area contributed by atoms with Gasteiger partial charge in [-0.2, -0.15) is 0 Å². The number of sulfone groups is 1. The lowest BCUT2D eigenvalue weighted by molar-refractivity contribution is 0.188. The largest absolute Gasteiger partial charge is 0.303 e. The van der Waals surface area contributed by atoms with Crippen LogP contribution in [-0.2, 0) is 9.84 Å². The first-order valence-electron chi connectivity index (χ1n) is 10.5. The second-order valence-corrected chi connectivity index (χ2v) is 10.7. The van der Waals surface area contributed by atoms with Gasteiger partial charge in [-0.25, -0.2) is 28.4 Å². The molecule has 3 aromatic rings. The second kappa shape index (κ2) is 8.00. The lowest BCUT2D eigenvalue weighted by Gasteiger charge is -2.33. The maximum atomic E-state index is 11.7. The Labute approximate surface area is 176 Å². The van der Waals surface area contributed by atoms with Crippen LogP contribution in [0, 0.1) is 5.92 Å². The molecule has 0 amide bonds. The van der Waals surface area contributed by atoms with Gasteiger partial charge in [0, 0.05) is 53.3 Å². The van der Waals surface area contributed by atoms with Crippen molar-refractivity contribution < 1.29 is 8.42 Å². The third-order valence-electron chi connectivity index (χ3n) is 6.31. The Bertz CT molecular complexity index is 1140. The summed E-state index contributed by atoms with van der Waals surface area (Å²) in [5.41, 5.74) is 3.80. The van der Waals surface area contributed by atoms with Crippen molar-refractivity contribution in [3.05, 3.63) is 48.8 Å². The molecule has 30 heavy (non-hydrogen) atoms. The van der Waals surface area contributed by atoms with Gasteiger partial charge in [0.2, 0.25) is 0 Å². The van der Waals surface area contributed by atoms with Gasteiger partial charge in [0.05, 0.1) is 11.5 Å². The molecule has 5 rings (SSSR count). The monoisotopic (exact) mass is 423 g/mol. The predicted molar refractivity (Wildman–Crippen MR) is 116 cm³/mol. The van der Waals surface area contributed by atoms with Crippen molar-refractivity contribution in [1.29, 1.82) is 0 Å². The van der Waals surface area contributed by atoms with Gasteiger partial charge in [-0.15, -0.1) is 0 Å². The first-order chi connectivity index (χ1) is 14.6. The molecule has 0 bridgehead atoms. The third-order valence-corrected chi connectivity index (χ3v) is 8.14. The zero-order chi connectivity index (χ0) is 20.6. The third kappa shape index (κ3) is 4.20. The smallest absolute Gasteiger partial charge is 0.159 e. The van der Waals surface area contributed by atoms with E-state index < -0.39 is 9.84 Å². The highest BCUT2D eigenvalue weighted by molar-refractivity contribution is 7.91. The molecule has 0 spiro atoms. The molecule has 0 aliphatic carbocycles. The van der Waals surface area contributed by atoms with Gasteiger partial charge in [0.1, 0.15) is 6.33 Å². The van der Waals surface area contributed by atoms with Crippen LogP contribution in [0.25, 0.3) is 22.2 Å². The van der Waals surface area contributed by atoms with Crippen molar-refractivity contribution >= 4 is 20.9 Å². The van der Waals surface area contributed by atoms with E-state index >= 15 is 0 Å². The number of likely N-dealkylation sites (tertiary alicyclic amines) is 1. The Morgan fingerprint density at radius 1 is 1.00 bits per heavy atom. The number of nitrogens with zero attached hydrogens (tertiary/aromatic N) is 5. The average molecular weight is 424 g/mol. The Balaban J connectivity index is 1.24. The van der Waals surface area contributed by atoms with Crippen LogP contribution >= 0.6 is 0 Å². The van der Waals surface area contributed by atoms with E-state index in [0.717, 1.165) is 66.8 Å². The molecule has 2 aliphatic rings. The molecule has 3 aromatic heterocycles. The molecular formula is C22H25N5O2S. The zero-order valence-electron chi connectivity index (χ0n) is 16.8. The van der Waals surface area contributed by atoms with Gasteiger partial charge in [0.15, 0.2) is 15.5 Å². The van der Waals surface area contributed by atoms with Gasteiger partial charge in [-0.1, -0.05) is 0 Å². The number of piperidine rings is 1. The Hall–Kier alpha value is -2.45. The summed E-state index contributed by atoms with van der Waals surface area (Å²) in [6.45, 7) is 2.91. The minimum Gasteiger partial charge on any atom is -0.303 e. The number of fused-ring (bicyclic) bond motifs is 1. The molecule has 0 radical (unpaired) electrons. The van der Waals surface area contributed by atoms with Crippen LogP contribution in [0.15, 0.2) is 43.1 Å². The van der Waals surface area contributed by atoms with Crippen molar-refractivity contribution in [3.8, 4) is 11.1 Å². The number of hydrogen-bond acceptors (Lipinski definition) is 7. The van der Waals surface area contributed by atoms with E-state index in [4.69, 9.17) is 4.98 Å². The van der Waals surface area contributed by atoms with Gasteiger partial charge in [-0.3, -0.25) is 0 Å². The maximum Gasteiger partial charge on any atom is 0.159 e. The highest BCUT2D eigenvalue weighted by Crippen LogP contribution is 2.30. The molecule has 7 nitrogen and oxygen atoms in total. The Morgan fingerprint density at radius 3 is 2.53 bits per heavy atom. The van der Waals surface area contributed by atoms with Gasteiger partial charge in [0.25, 0.3) is 0 Å². The fourth-order valence-corrected chi connectivity index (χ4v) is 6.50. The highest BCUT2D eigenvalue weighted by Gasteiger charge is 2.30. The number of aromatic nitrogens is 4. The highest BCUT2D eigenvalue weighted by atomic mass is 32.2. The van der Waals surface area contributed by atoms with E-state index in [0.29, 0.717) is 23.3 Å². The van der Waals surface area contributed by atoms with Crippen molar-refractivity contribution in [2.24, 2.45) is 5.92 Å². The van der Waals surface area contributed by atoms with Crippen LogP contribution in [0.1, 0.15) is 30.9 Å². The summed E-state index contributed by atoms with van der Waals surface area (Å²) >= 11 is 0. The Morgan fingerprint density at radius 2 is 1.80 bits per heavy atom. The zero-order valence-corrected chi connectivity index (χ0v) is 17.6. The van der Waals surface area contributed by atoms with Gasteiger partial charge < -0.3 is 4.90 Å². The molecule has 0 aromatic carbocycles. The van der Waals surface area contributed by atoms with E-state index in [2.05, 4.69) is 38.1 Å². The first-order valence-corrected chi connectivity index (χ1v) is 12.3. The molecule has 156 valence electrons. The van der Waals surface area contributed by atoms with E-state index in [9.17, 15) is 8.42 Å². The summed E-state index contributed by atoms with van der Waals surface area (Å²) in [7, 11) is -2.79. The summed E-state index contributed by atoms with van der Waals surface area (Å²) < 4.78 is 23.4. The van der Waals surface area contributed by atoms with Crippen molar-refractivity contribution in [2.75, 3.05) is 31.1 Å². The molecule has 8 heteroatoms. The minimum atomic E-state index is -2.79. The molecule has 2 fully saturated rings. The van der Waals surface area contributed by atoms with Crippen LogP contribution in [0.4, 0.5) is 0 Å². The molecule has 1 atom stereocenters. The average Bonchev–Trinajstić information content (AvgIpc) is 3.12. The summed E-state index contributed by atoms with van der Waals surface area (Å²) in [4.78, 5) is 20.0. The first kappa shape index (κ1) is 19.5. The summed E-state index contributed by atoms with van der Waals surface area (Å²) in [6, 6.07) is 6.31. The quantitative estimate of drug-likeness (QED) is 0.637. The maximum absolute atomic E-state index is 11.7. The number of pyridine rings is 2. The molecule has 2 aliphatic heterocycles. The predicted octanol–water partition coefficient (Wildman–Crippen LogP) is 2.70. The van der Waals surface area contributed by atoms with E-state index in [1.807, 2.05) is 6.20 Å². The molecule has 5 heterocycles. The van der Waals surface area contributed by atoms with Crippen LogP contribution < -0.4 is 0 Å². The van der Waals surface area contributed by atoms with Crippen LogP contribution in [-0.4, -0.2) is 64.4 Å². The molecule has 0 saturated carbocycles. The van der Waals surface area contributed by atoms with Crippen molar-refractivity contribution in [3.63, 3.8) is 0 Å². The van der Waals surface area contributed by atoms with E-state index in [1.165, 1.54) is 6.33 Å². The molecule has 2 saturated heterocycles. The normalized spacial score (nSPS) is 22.5. The summed E-state index contributed by atoms with van der Waals surface area (Å²) in [5.74, 6) is 1.46. The minimum absolute atomic E-state index is 0.304. The SMILES string of the molecule is O=S1(=O)CCC(CN2CCC(c3ccc4cc(-c5cncnc5)cnc4n3)CC2)C1. The second-order valence-electron chi connectivity index (χ2n) is 8.48. The summed E-state index contributed by atoms with van der Waals surface area (Å²) in [6.07, 6.45) is 9.84. The lowest BCUT2D eigenvalue weighted by atomic mass is 9.92. The molecule has 1 unspecified atom stereocenters. The lowest BCUT2D eigenvalue weighted by Crippen LogP contribution is -2.37. The van der Waals surface area contributed by atoms with Crippen molar-refractivity contribution in [1.82, 2.24) is 24.8 Å². The molecular weight excluding hydrogens is 398 g/mol. The fourth-order valence-electron chi connectivity index (χ4n) is 4.65. The van der Waals surface area contributed by atoms with Crippen LogP contribution in [0.3, 0.4) is 0 Å². The van der Waals surface area contributed by atoms with Gasteiger partial charge >= 0.3 is 0 Å². The molecule has 0 N–H and O–H groups in total. The number of hydrogen-bond donors (Lipinski definition) is 0. The van der Waals surface area contributed by atoms with Gasteiger partial charge in [-0.05, 0) is 56.5 Å². The standard InChI is InChI=1S/C22H25N5O2S/c28-30(29)8-5-16(14-30)13-27-6-3-17(4-7-27)21-2-1-18-9-19(12-25-22(18)26-21)20-10-23-15-24-11-20/h1-2,9-12,15-17H,3-8,13-14H2. The number of rotatable bonds is 4. The topological polar surface area (TPSA) is 88.9 Å². The fraction of sp³-hybridized carbons (Fsp3) is 0.455. The van der Waals surface area contributed by atoms with Crippen LogP contribution in [0.5, 0.6) is 0 Å². The van der Waals surface area contributed by atoms with Crippen LogP contribution in [0.2, 0.25) is 0 Å². The van der Waals surface area contributed by atoms with E-state index in [-0.39, 0.29) is 0 Å².